The molecule has 0 atom stereocenters. The summed E-state index contributed by atoms with van der Waals surface area (Å²) in [5.74, 6) is 1.72. The summed E-state index contributed by atoms with van der Waals surface area (Å²) in [5, 5.41) is 0. The average Bonchev–Trinajstić information content (AvgIpc) is 2.75. The second-order valence-corrected chi connectivity index (χ2v) is 10.2. The smallest absolute Gasteiger partial charge is 0.0307 e. The molecule has 0 bridgehead atoms. The number of benzene rings is 2. The van der Waals surface area contributed by atoms with Crippen molar-refractivity contribution in [2.45, 2.75) is 116 Å². The molecule has 0 saturated heterocycles. The Bertz CT molecular complexity index is 481. The zero-order valence-corrected chi connectivity index (χ0v) is 24.5. The molecule has 0 heteroatoms. The van der Waals surface area contributed by atoms with E-state index in [-0.39, 0.29) is 0 Å². The van der Waals surface area contributed by atoms with E-state index in [1.807, 2.05) is 26.0 Å². The molecular formula is C32H60. The van der Waals surface area contributed by atoms with Crippen molar-refractivity contribution in [3.05, 3.63) is 71.8 Å². The van der Waals surface area contributed by atoms with Crippen LogP contribution in [0.25, 0.3) is 0 Å². The van der Waals surface area contributed by atoms with Crippen molar-refractivity contribution in [3.8, 4) is 0 Å². The van der Waals surface area contributed by atoms with E-state index in [4.69, 9.17) is 0 Å². The summed E-state index contributed by atoms with van der Waals surface area (Å²) in [5.41, 5.74) is 3.32. The van der Waals surface area contributed by atoms with Crippen LogP contribution in [-0.2, 0) is 12.8 Å². The molecule has 0 radical (unpaired) electrons. The van der Waals surface area contributed by atoms with Gasteiger partial charge in [0.1, 0.15) is 0 Å². The van der Waals surface area contributed by atoms with Crippen LogP contribution in [0.2, 0.25) is 0 Å². The zero-order chi connectivity index (χ0) is 26.0. The normalized spacial score (nSPS) is 9.25. The van der Waals surface area contributed by atoms with E-state index in [2.05, 4.69) is 132 Å². The predicted octanol–water partition coefficient (Wildman–Crippen LogP) is 11.3. The van der Waals surface area contributed by atoms with Gasteiger partial charge in [0.05, 0.1) is 0 Å². The monoisotopic (exact) mass is 444 g/mol. The molecule has 0 aliphatic carbocycles. The van der Waals surface area contributed by atoms with Crippen LogP contribution < -0.4 is 0 Å². The molecule has 0 aliphatic rings. The van der Waals surface area contributed by atoms with Gasteiger partial charge >= 0.3 is 0 Å². The fourth-order valence-electron chi connectivity index (χ4n) is 1.43. The summed E-state index contributed by atoms with van der Waals surface area (Å²) in [4.78, 5) is 0. The minimum absolute atomic E-state index is 0.500. The maximum absolute atomic E-state index is 2.22. The molecule has 2 aromatic carbocycles. The first-order valence-corrected chi connectivity index (χ1v) is 12.9. The van der Waals surface area contributed by atoms with E-state index in [0.717, 1.165) is 24.7 Å². The van der Waals surface area contributed by atoms with Crippen LogP contribution in [0, 0.1) is 17.3 Å². The van der Waals surface area contributed by atoms with E-state index in [1.165, 1.54) is 17.5 Å². The van der Waals surface area contributed by atoms with Gasteiger partial charge in [-0.25, -0.2) is 0 Å². The van der Waals surface area contributed by atoms with E-state index in [1.54, 1.807) is 0 Å². The number of hydrogen-bond acceptors (Lipinski definition) is 0. The van der Waals surface area contributed by atoms with Crippen molar-refractivity contribution >= 4 is 0 Å². The standard InChI is InChI=1S/2C8H10.2C5H12.C4H10.C2H6/c2*1-2-8-6-4-3-5-7-8;1-5(2,3)4;1-4-5(2)3;1-4(2)3;1-2/h2*3-7H,2H2,1H3;1-4H3;5H,4H2,1-3H3;4H,1-3H3;1-2H3. The van der Waals surface area contributed by atoms with Crippen LogP contribution in [0.3, 0.4) is 0 Å². The van der Waals surface area contributed by atoms with Gasteiger partial charge in [0, 0.05) is 0 Å². The van der Waals surface area contributed by atoms with Gasteiger partial charge in [-0.3, -0.25) is 0 Å². The molecular weight excluding hydrogens is 384 g/mol. The average molecular weight is 445 g/mol. The molecule has 0 fully saturated rings. The lowest BCUT2D eigenvalue weighted by Crippen LogP contribution is -1.93. The maximum Gasteiger partial charge on any atom is -0.0307 e. The molecule has 0 heterocycles. The molecule has 2 aromatic rings. The minimum atomic E-state index is 0.500. The maximum atomic E-state index is 2.22. The Morgan fingerprint density at radius 1 is 0.562 bits per heavy atom. The minimum Gasteiger partial charge on any atom is -0.0683 e. The molecule has 0 unspecified atom stereocenters. The zero-order valence-electron chi connectivity index (χ0n) is 24.5. The Kier molecular flexibility index (Phi) is 32.4. The Labute approximate surface area is 205 Å². The van der Waals surface area contributed by atoms with Crippen LogP contribution in [0.5, 0.6) is 0 Å². The Morgan fingerprint density at radius 3 is 0.844 bits per heavy atom. The summed E-state index contributed by atoms with van der Waals surface area (Å²) in [7, 11) is 0. The van der Waals surface area contributed by atoms with Gasteiger partial charge in [-0.05, 0) is 41.2 Å². The van der Waals surface area contributed by atoms with Crippen LogP contribution >= 0.6 is 0 Å². The number of rotatable bonds is 3. The highest BCUT2D eigenvalue weighted by Gasteiger charge is 1.95. The second-order valence-electron chi connectivity index (χ2n) is 10.2. The molecule has 0 nitrogen and oxygen atoms in total. The van der Waals surface area contributed by atoms with E-state index in [0.29, 0.717) is 5.41 Å². The van der Waals surface area contributed by atoms with Gasteiger partial charge < -0.3 is 0 Å². The highest BCUT2D eigenvalue weighted by molar-refractivity contribution is 5.14. The third-order valence-electron chi connectivity index (χ3n) is 3.32. The fourth-order valence-corrected chi connectivity index (χ4v) is 1.43. The summed E-state index contributed by atoms with van der Waals surface area (Å²) in [6.45, 7) is 30.2. The van der Waals surface area contributed by atoms with Gasteiger partial charge in [0.25, 0.3) is 0 Å². The van der Waals surface area contributed by atoms with Gasteiger partial charge in [0.15, 0.2) is 0 Å². The van der Waals surface area contributed by atoms with Crippen molar-refractivity contribution in [1.82, 2.24) is 0 Å². The fraction of sp³-hybridized carbons (Fsp3) is 0.625. The third-order valence-corrected chi connectivity index (χ3v) is 3.32. The molecule has 0 N–H and O–H groups in total. The lowest BCUT2D eigenvalue weighted by atomic mass is 10.0. The quantitative estimate of drug-likeness (QED) is 0.441. The van der Waals surface area contributed by atoms with Crippen LogP contribution in [0.1, 0.15) is 114 Å². The Balaban J connectivity index is -0.000000154. The Hall–Kier alpha value is -1.56. The second kappa shape index (κ2) is 27.5. The van der Waals surface area contributed by atoms with Crippen LogP contribution in [0.4, 0.5) is 0 Å². The highest BCUT2D eigenvalue weighted by Crippen LogP contribution is 2.08. The molecule has 0 aromatic heterocycles. The summed E-state index contributed by atoms with van der Waals surface area (Å²) >= 11 is 0. The van der Waals surface area contributed by atoms with Crippen LogP contribution in [0.15, 0.2) is 60.7 Å². The summed E-state index contributed by atoms with van der Waals surface area (Å²) < 4.78 is 0. The summed E-state index contributed by atoms with van der Waals surface area (Å²) in [6.07, 6.45) is 3.59. The summed E-state index contributed by atoms with van der Waals surface area (Å²) in [6, 6.07) is 20.9. The van der Waals surface area contributed by atoms with Crippen molar-refractivity contribution in [3.63, 3.8) is 0 Å². The molecule has 0 saturated carbocycles. The first-order valence-electron chi connectivity index (χ1n) is 12.9. The lowest BCUT2D eigenvalue weighted by molar-refractivity contribution is 0.469. The predicted molar refractivity (Wildman–Crippen MR) is 154 cm³/mol. The first kappa shape index (κ1) is 37.7. The van der Waals surface area contributed by atoms with Gasteiger partial charge in [-0.1, -0.05) is 164 Å². The topological polar surface area (TPSA) is 0 Å². The van der Waals surface area contributed by atoms with Crippen molar-refractivity contribution < 1.29 is 0 Å². The molecule has 32 heavy (non-hydrogen) atoms. The van der Waals surface area contributed by atoms with E-state index in [9.17, 15) is 0 Å². The van der Waals surface area contributed by atoms with Gasteiger partial charge in [-0.15, -0.1) is 0 Å². The molecule has 0 aliphatic heterocycles. The van der Waals surface area contributed by atoms with Crippen LogP contribution in [-0.4, -0.2) is 0 Å². The van der Waals surface area contributed by atoms with Crippen molar-refractivity contribution in [2.75, 3.05) is 0 Å². The highest BCUT2D eigenvalue weighted by atomic mass is 14.0. The first-order chi connectivity index (χ1) is 14.9. The third kappa shape index (κ3) is 51.3. The van der Waals surface area contributed by atoms with E-state index < -0.39 is 0 Å². The van der Waals surface area contributed by atoms with Gasteiger partial charge in [-0.2, -0.15) is 0 Å². The SMILES string of the molecule is CC.CC(C)(C)C.CC(C)C.CCC(C)C.CCc1ccccc1.CCc1ccccc1. The number of aryl methyl sites for hydroxylation is 2. The molecule has 0 spiro atoms. The molecule has 0 amide bonds. The largest absolute Gasteiger partial charge is 0.0683 e. The molecule has 188 valence electrons. The van der Waals surface area contributed by atoms with E-state index >= 15 is 0 Å². The Morgan fingerprint density at radius 2 is 0.750 bits per heavy atom. The van der Waals surface area contributed by atoms with Crippen molar-refractivity contribution in [1.29, 1.82) is 0 Å². The lowest BCUT2D eigenvalue weighted by Gasteiger charge is -2.05. The molecule has 2 rings (SSSR count). The van der Waals surface area contributed by atoms with Gasteiger partial charge in [0.2, 0.25) is 0 Å². The number of hydrogen-bond donors (Lipinski definition) is 0. The van der Waals surface area contributed by atoms with Crippen molar-refractivity contribution in [2.24, 2.45) is 17.3 Å².